The van der Waals surface area contributed by atoms with Crippen LogP contribution < -0.4 is 10.7 Å². The van der Waals surface area contributed by atoms with Crippen molar-refractivity contribution in [2.75, 3.05) is 5.75 Å². The maximum Gasteiger partial charge on any atom is 0.417 e. The van der Waals surface area contributed by atoms with Crippen LogP contribution in [-0.2, 0) is 15.8 Å². The second kappa shape index (κ2) is 7.45. The smallest absolute Gasteiger partial charge is 0.322 e. The van der Waals surface area contributed by atoms with Crippen molar-refractivity contribution in [3.8, 4) is 0 Å². The monoisotopic (exact) mass is 442 g/mol. The number of hydrogen-bond acceptors (Lipinski definition) is 6. The Labute approximate surface area is 172 Å². The summed E-state index contributed by atoms with van der Waals surface area (Å²) in [5.41, 5.74) is 0.622. The topological polar surface area (TPSA) is 109 Å². The van der Waals surface area contributed by atoms with Gasteiger partial charge in [-0.3, -0.25) is 19.4 Å². The van der Waals surface area contributed by atoms with Crippen molar-refractivity contribution >= 4 is 35.3 Å². The average Bonchev–Trinajstić information content (AvgIpc) is 3.20. The number of hydrazine groups is 1. The van der Waals surface area contributed by atoms with Gasteiger partial charge in [0.25, 0.3) is 5.91 Å². The molecule has 1 spiro atoms. The number of imide groups is 1. The molecule has 1 aliphatic carbocycles. The Morgan fingerprint density at radius 3 is 2.63 bits per heavy atom. The Bertz CT molecular complexity index is 1020. The van der Waals surface area contributed by atoms with E-state index in [-0.39, 0.29) is 16.6 Å². The van der Waals surface area contributed by atoms with Crippen LogP contribution in [0.4, 0.5) is 18.0 Å². The number of thioether (sulfide) groups is 1. The minimum atomic E-state index is -4.53. The first-order valence-corrected chi connectivity index (χ1v) is 10.2. The molecule has 9 nitrogen and oxygen atoms in total. The number of urea groups is 1. The molecule has 4 amide bonds. The van der Waals surface area contributed by atoms with Gasteiger partial charge in [-0.2, -0.15) is 18.2 Å². The molecule has 1 aliphatic heterocycles. The summed E-state index contributed by atoms with van der Waals surface area (Å²) in [5, 5.41) is 11.0. The van der Waals surface area contributed by atoms with Crippen LogP contribution in [0.15, 0.2) is 23.5 Å². The number of rotatable bonds is 4. The summed E-state index contributed by atoms with van der Waals surface area (Å²) >= 11 is 0.837. The minimum absolute atomic E-state index is 0.0761. The van der Waals surface area contributed by atoms with E-state index in [1.807, 2.05) is 0 Å². The zero-order valence-corrected chi connectivity index (χ0v) is 16.3. The first-order chi connectivity index (χ1) is 14.2. The number of halogens is 3. The van der Waals surface area contributed by atoms with Gasteiger partial charge in [0, 0.05) is 6.20 Å². The number of aromatic nitrogens is 3. The van der Waals surface area contributed by atoms with Gasteiger partial charge in [-0.1, -0.05) is 31.0 Å². The number of fused-ring (bicyclic) bond motifs is 1. The summed E-state index contributed by atoms with van der Waals surface area (Å²) in [6.45, 7) is 0. The highest BCUT2D eigenvalue weighted by atomic mass is 32.2. The fourth-order valence-corrected chi connectivity index (χ4v) is 4.35. The third-order valence-corrected chi connectivity index (χ3v) is 6.08. The number of amides is 4. The Kier molecular flexibility index (Phi) is 5.08. The minimum Gasteiger partial charge on any atom is -0.322 e. The summed E-state index contributed by atoms with van der Waals surface area (Å²) in [6.07, 6.45) is -0.0442. The lowest BCUT2D eigenvalue weighted by molar-refractivity contribution is -0.139. The number of carbonyl (C=O) groups excluding carboxylic acids is 3. The van der Waals surface area contributed by atoms with E-state index >= 15 is 0 Å². The lowest BCUT2D eigenvalue weighted by atomic mass is 9.82. The molecule has 2 aliphatic rings. The summed E-state index contributed by atoms with van der Waals surface area (Å²) in [5.74, 6) is -1.44. The largest absolute Gasteiger partial charge is 0.417 e. The van der Waals surface area contributed by atoms with Crippen LogP contribution in [0.2, 0.25) is 0 Å². The van der Waals surface area contributed by atoms with E-state index in [1.165, 1.54) is 6.07 Å². The molecule has 30 heavy (non-hydrogen) atoms. The van der Waals surface area contributed by atoms with Crippen molar-refractivity contribution in [1.29, 1.82) is 0 Å². The van der Waals surface area contributed by atoms with E-state index in [9.17, 15) is 27.6 Å². The standard InChI is InChI=1S/C17H17F3N6O3S/c18-17(19,20)10-4-5-11-22-23-15(25(11)8-10)30-9-12(27)24-26-13(28)16(21-14(26)29)6-2-1-3-7-16/h4-5,8H,1-3,6-7,9H2,(H,21,29)(H,24,27). The first kappa shape index (κ1) is 20.4. The van der Waals surface area contributed by atoms with Crippen LogP contribution in [0, 0.1) is 0 Å². The van der Waals surface area contributed by atoms with Crippen LogP contribution in [0.25, 0.3) is 5.65 Å². The van der Waals surface area contributed by atoms with Crippen LogP contribution in [-0.4, -0.2) is 48.7 Å². The maximum absolute atomic E-state index is 12.9. The predicted octanol–water partition coefficient (Wildman–Crippen LogP) is 2.13. The van der Waals surface area contributed by atoms with Gasteiger partial charge in [0.2, 0.25) is 5.91 Å². The molecule has 0 bridgehead atoms. The lowest BCUT2D eigenvalue weighted by Gasteiger charge is -2.30. The van der Waals surface area contributed by atoms with E-state index in [1.54, 1.807) is 0 Å². The van der Waals surface area contributed by atoms with Crippen molar-refractivity contribution in [3.05, 3.63) is 23.9 Å². The van der Waals surface area contributed by atoms with E-state index in [4.69, 9.17) is 0 Å². The van der Waals surface area contributed by atoms with Crippen LogP contribution in [0.1, 0.15) is 37.7 Å². The van der Waals surface area contributed by atoms with Crippen LogP contribution in [0.3, 0.4) is 0 Å². The molecule has 0 atom stereocenters. The van der Waals surface area contributed by atoms with Gasteiger partial charge >= 0.3 is 12.2 Å². The van der Waals surface area contributed by atoms with Crippen molar-refractivity contribution in [2.45, 2.75) is 49.0 Å². The Hall–Kier alpha value is -2.83. The van der Waals surface area contributed by atoms with Gasteiger partial charge in [0.05, 0.1) is 11.3 Å². The Morgan fingerprint density at radius 2 is 1.93 bits per heavy atom. The second-order valence-corrected chi connectivity index (χ2v) is 8.11. The number of hydrogen-bond donors (Lipinski definition) is 2. The lowest BCUT2D eigenvalue weighted by Crippen LogP contribution is -2.51. The molecule has 2 N–H and O–H groups in total. The van der Waals surface area contributed by atoms with Gasteiger partial charge in [-0.05, 0) is 25.0 Å². The molecule has 4 rings (SSSR count). The van der Waals surface area contributed by atoms with Gasteiger partial charge < -0.3 is 5.32 Å². The highest BCUT2D eigenvalue weighted by molar-refractivity contribution is 7.99. The molecular weight excluding hydrogens is 425 g/mol. The summed E-state index contributed by atoms with van der Waals surface area (Å²) in [4.78, 5) is 37.1. The van der Waals surface area contributed by atoms with Crippen molar-refractivity contribution in [2.24, 2.45) is 0 Å². The molecule has 13 heteroatoms. The molecule has 0 aromatic carbocycles. The van der Waals surface area contributed by atoms with E-state index in [0.29, 0.717) is 17.9 Å². The van der Waals surface area contributed by atoms with Crippen molar-refractivity contribution < 1.29 is 27.6 Å². The number of alkyl halides is 3. The summed E-state index contributed by atoms with van der Waals surface area (Å²) in [6, 6.07) is 1.38. The number of pyridine rings is 1. The quantitative estimate of drug-likeness (QED) is 0.555. The van der Waals surface area contributed by atoms with Crippen LogP contribution >= 0.6 is 11.8 Å². The average molecular weight is 442 g/mol. The third-order valence-electron chi connectivity index (χ3n) is 5.14. The van der Waals surface area contributed by atoms with E-state index < -0.39 is 35.1 Å². The molecular formula is C17H17F3N6O3S. The van der Waals surface area contributed by atoms with Gasteiger partial charge in [0.1, 0.15) is 5.54 Å². The van der Waals surface area contributed by atoms with Crippen molar-refractivity contribution in [1.82, 2.24) is 30.3 Å². The maximum atomic E-state index is 12.9. The molecule has 1 saturated heterocycles. The van der Waals surface area contributed by atoms with Gasteiger partial charge in [-0.25, -0.2) is 4.79 Å². The van der Waals surface area contributed by atoms with Gasteiger partial charge in [0.15, 0.2) is 10.8 Å². The molecule has 3 heterocycles. The zero-order chi connectivity index (χ0) is 21.5. The van der Waals surface area contributed by atoms with E-state index in [0.717, 1.165) is 47.7 Å². The zero-order valence-electron chi connectivity index (χ0n) is 15.5. The molecule has 0 unspecified atom stereocenters. The second-order valence-electron chi connectivity index (χ2n) is 7.16. The Morgan fingerprint density at radius 1 is 1.20 bits per heavy atom. The summed E-state index contributed by atoms with van der Waals surface area (Å²) in [7, 11) is 0. The molecule has 2 aromatic heterocycles. The molecule has 0 radical (unpaired) electrons. The number of nitrogens with zero attached hydrogens (tertiary/aromatic N) is 4. The normalized spacial score (nSPS) is 18.8. The fourth-order valence-electron chi connectivity index (χ4n) is 3.64. The van der Waals surface area contributed by atoms with Gasteiger partial charge in [-0.15, -0.1) is 10.2 Å². The summed E-state index contributed by atoms with van der Waals surface area (Å²) < 4.78 is 39.9. The van der Waals surface area contributed by atoms with Crippen molar-refractivity contribution in [3.63, 3.8) is 0 Å². The fraction of sp³-hybridized carbons (Fsp3) is 0.471. The number of carbonyl (C=O) groups is 3. The first-order valence-electron chi connectivity index (χ1n) is 9.21. The molecule has 1 saturated carbocycles. The molecule has 160 valence electrons. The predicted molar refractivity (Wildman–Crippen MR) is 98.0 cm³/mol. The number of nitrogens with one attached hydrogen (secondary N) is 2. The Balaban J connectivity index is 1.42. The third kappa shape index (κ3) is 3.68. The van der Waals surface area contributed by atoms with E-state index in [2.05, 4.69) is 20.9 Å². The highest BCUT2D eigenvalue weighted by Crippen LogP contribution is 2.33. The van der Waals surface area contributed by atoms with Crippen LogP contribution in [0.5, 0.6) is 0 Å². The SMILES string of the molecule is O=C(CSc1nnc2ccc(C(F)(F)F)cn12)NN1C(=O)NC2(CCCCC2)C1=O. The highest BCUT2D eigenvalue weighted by Gasteiger charge is 2.52. The molecule has 2 fully saturated rings. The molecule has 2 aromatic rings.